The van der Waals surface area contributed by atoms with Crippen molar-refractivity contribution in [2.75, 3.05) is 46.5 Å². The molecule has 0 saturated carbocycles. The highest BCUT2D eigenvalue weighted by atomic mass is 16.6. The third-order valence-corrected chi connectivity index (χ3v) is 3.15. The number of rotatable bonds is 7. The van der Waals surface area contributed by atoms with Crippen LogP contribution in [0.2, 0.25) is 0 Å². The largest absolute Gasteiger partial charge is 0.450 e. The molecule has 0 aliphatic carbocycles. The molecule has 0 aromatic heterocycles. The van der Waals surface area contributed by atoms with Gasteiger partial charge in [-0.1, -0.05) is 0 Å². The Morgan fingerprint density at radius 2 is 2.00 bits per heavy atom. The number of amides is 2. The number of likely N-dealkylation sites (tertiary alicyclic amines) is 1. The van der Waals surface area contributed by atoms with E-state index in [9.17, 15) is 9.59 Å². The highest BCUT2D eigenvalue weighted by Crippen LogP contribution is 2.11. The summed E-state index contributed by atoms with van der Waals surface area (Å²) in [7, 11) is 1.62. The molecule has 1 aliphatic rings. The summed E-state index contributed by atoms with van der Waals surface area (Å²) in [5.41, 5.74) is 0. The number of methoxy groups -OCH3 is 1. The minimum atomic E-state index is -0.265. The van der Waals surface area contributed by atoms with E-state index in [-0.39, 0.29) is 18.0 Å². The molecule has 116 valence electrons. The van der Waals surface area contributed by atoms with E-state index in [1.807, 2.05) is 0 Å². The number of carbonyl (C=O) groups excluding carboxylic acids is 2. The van der Waals surface area contributed by atoms with Gasteiger partial charge in [-0.25, -0.2) is 4.79 Å². The lowest BCUT2D eigenvalue weighted by Crippen LogP contribution is -2.48. The van der Waals surface area contributed by atoms with Crippen LogP contribution in [0, 0.1) is 0 Å². The zero-order valence-electron chi connectivity index (χ0n) is 12.3. The first-order chi connectivity index (χ1) is 9.67. The van der Waals surface area contributed by atoms with Gasteiger partial charge >= 0.3 is 6.09 Å². The highest BCUT2D eigenvalue weighted by molar-refractivity contribution is 5.78. The molecule has 0 spiro atoms. The molecule has 0 radical (unpaired) electrons. The Bertz CT molecular complexity index is 304. The van der Waals surface area contributed by atoms with Gasteiger partial charge in [-0.3, -0.25) is 4.79 Å². The molecule has 0 aromatic rings. The first-order valence-corrected chi connectivity index (χ1v) is 7.08. The molecule has 0 bridgehead atoms. The quantitative estimate of drug-likeness (QED) is 0.642. The lowest BCUT2D eigenvalue weighted by molar-refractivity contribution is -0.121. The Morgan fingerprint density at radius 3 is 2.60 bits per heavy atom. The van der Waals surface area contributed by atoms with Crippen molar-refractivity contribution < 1.29 is 19.1 Å². The average Bonchev–Trinajstić information content (AvgIpc) is 2.45. The van der Waals surface area contributed by atoms with Gasteiger partial charge in [0, 0.05) is 32.8 Å². The van der Waals surface area contributed by atoms with Crippen LogP contribution in [0.25, 0.3) is 0 Å². The van der Waals surface area contributed by atoms with Crippen molar-refractivity contribution in [3.05, 3.63) is 0 Å². The minimum Gasteiger partial charge on any atom is -0.450 e. The summed E-state index contributed by atoms with van der Waals surface area (Å²) in [6.45, 7) is 4.98. The summed E-state index contributed by atoms with van der Waals surface area (Å²) in [4.78, 5) is 24.9. The topological polar surface area (TPSA) is 79.9 Å². The van der Waals surface area contributed by atoms with Gasteiger partial charge in [-0.2, -0.15) is 0 Å². The van der Waals surface area contributed by atoms with Crippen molar-refractivity contribution in [1.29, 1.82) is 0 Å². The third kappa shape index (κ3) is 6.21. The molecule has 0 unspecified atom stereocenters. The molecule has 1 fully saturated rings. The molecule has 1 aliphatic heterocycles. The lowest BCUT2D eigenvalue weighted by atomic mass is 10.1. The van der Waals surface area contributed by atoms with Crippen molar-refractivity contribution in [1.82, 2.24) is 15.5 Å². The first-order valence-electron chi connectivity index (χ1n) is 7.08. The van der Waals surface area contributed by atoms with Crippen LogP contribution in [0.1, 0.15) is 19.8 Å². The van der Waals surface area contributed by atoms with Crippen LogP contribution in [0.3, 0.4) is 0 Å². The second-order valence-corrected chi connectivity index (χ2v) is 4.70. The fourth-order valence-electron chi connectivity index (χ4n) is 2.08. The fourth-order valence-corrected chi connectivity index (χ4v) is 2.08. The summed E-state index contributed by atoms with van der Waals surface area (Å²) < 4.78 is 9.84. The number of ether oxygens (including phenoxy) is 2. The monoisotopic (exact) mass is 287 g/mol. The Hall–Kier alpha value is -1.34. The van der Waals surface area contributed by atoms with E-state index in [2.05, 4.69) is 10.6 Å². The molecule has 2 N–H and O–H groups in total. The van der Waals surface area contributed by atoms with Gasteiger partial charge in [0.2, 0.25) is 5.91 Å². The Morgan fingerprint density at radius 1 is 1.30 bits per heavy atom. The Balaban J connectivity index is 2.15. The maximum absolute atomic E-state index is 11.7. The van der Waals surface area contributed by atoms with E-state index >= 15 is 0 Å². The van der Waals surface area contributed by atoms with E-state index in [1.54, 1.807) is 18.9 Å². The van der Waals surface area contributed by atoms with Crippen molar-refractivity contribution in [3.63, 3.8) is 0 Å². The summed E-state index contributed by atoms with van der Waals surface area (Å²) in [5, 5.41) is 5.96. The zero-order chi connectivity index (χ0) is 14.8. The summed E-state index contributed by atoms with van der Waals surface area (Å²) in [6, 6.07) is 0.136. The Labute approximate surface area is 120 Å². The number of hydrogen-bond donors (Lipinski definition) is 2. The maximum atomic E-state index is 11.7. The SMILES string of the molecule is CCOC(=O)N1CCC(NC(=O)CNCCOC)CC1. The van der Waals surface area contributed by atoms with Crippen molar-refractivity contribution >= 4 is 12.0 Å². The molecule has 0 aromatic carbocycles. The number of piperidine rings is 1. The summed E-state index contributed by atoms with van der Waals surface area (Å²) in [5.74, 6) is -0.0179. The van der Waals surface area contributed by atoms with E-state index in [0.717, 1.165) is 12.8 Å². The minimum absolute atomic E-state index is 0.0179. The van der Waals surface area contributed by atoms with Crippen molar-refractivity contribution in [2.24, 2.45) is 0 Å². The zero-order valence-corrected chi connectivity index (χ0v) is 12.3. The second-order valence-electron chi connectivity index (χ2n) is 4.70. The van der Waals surface area contributed by atoms with Crippen LogP contribution in [0.4, 0.5) is 4.79 Å². The molecule has 7 nitrogen and oxygen atoms in total. The van der Waals surface area contributed by atoms with Crippen LogP contribution in [-0.2, 0) is 14.3 Å². The van der Waals surface area contributed by atoms with Crippen LogP contribution in [-0.4, -0.2) is 69.4 Å². The van der Waals surface area contributed by atoms with E-state index < -0.39 is 0 Å². The van der Waals surface area contributed by atoms with Crippen LogP contribution < -0.4 is 10.6 Å². The lowest BCUT2D eigenvalue weighted by Gasteiger charge is -2.31. The maximum Gasteiger partial charge on any atom is 0.409 e. The van der Waals surface area contributed by atoms with Crippen LogP contribution in [0.5, 0.6) is 0 Å². The standard InChI is InChI=1S/C13H25N3O4/c1-3-20-13(18)16-7-4-11(5-8-16)15-12(17)10-14-6-9-19-2/h11,14H,3-10H2,1-2H3,(H,15,17). The normalized spacial score (nSPS) is 16.0. The molecule has 7 heteroatoms. The summed E-state index contributed by atoms with van der Waals surface area (Å²) >= 11 is 0. The predicted octanol–water partition coefficient (Wildman–Crippen LogP) is -0.0405. The fraction of sp³-hybridized carbons (Fsp3) is 0.846. The highest BCUT2D eigenvalue weighted by Gasteiger charge is 2.24. The van der Waals surface area contributed by atoms with Gasteiger partial charge in [-0.05, 0) is 19.8 Å². The predicted molar refractivity (Wildman–Crippen MR) is 74.5 cm³/mol. The van der Waals surface area contributed by atoms with E-state index in [1.165, 1.54) is 0 Å². The van der Waals surface area contributed by atoms with Gasteiger partial charge in [0.05, 0.1) is 19.8 Å². The molecule has 20 heavy (non-hydrogen) atoms. The van der Waals surface area contributed by atoms with E-state index in [0.29, 0.717) is 39.4 Å². The van der Waals surface area contributed by atoms with Crippen molar-refractivity contribution in [3.8, 4) is 0 Å². The number of hydrogen-bond acceptors (Lipinski definition) is 5. The van der Waals surface area contributed by atoms with Gasteiger partial charge in [0.15, 0.2) is 0 Å². The number of carbonyl (C=O) groups is 2. The molecule has 2 amide bonds. The summed E-state index contributed by atoms with van der Waals surface area (Å²) in [6.07, 6.45) is 1.27. The first kappa shape index (κ1) is 16.7. The van der Waals surface area contributed by atoms with Crippen LogP contribution in [0.15, 0.2) is 0 Å². The molecule has 1 rings (SSSR count). The number of nitrogens with one attached hydrogen (secondary N) is 2. The average molecular weight is 287 g/mol. The van der Waals surface area contributed by atoms with Gasteiger partial charge in [0.25, 0.3) is 0 Å². The van der Waals surface area contributed by atoms with Gasteiger partial charge in [-0.15, -0.1) is 0 Å². The van der Waals surface area contributed by atoms with Gasteiger partial charge in [0.1, 0.15) is 0 Å². The molecular formula is C13H25N3O4. The Kier molecular flexibility index (Phi) is 7.98. The van der Waals surface area contributed by atoms with E-state index in [4.69, 9.17) is 9.47 Å². The molecule has 1 heterocycles. The molecular weight excluding hydrogens is 262 g/mol. The molecule has 1 saturated heterocycles. The van der Waals surface area contributed by atoms with Crippen LogP contribution >= 0.6 is 0 Å². The second kappa shape index (κ2) is 9.55. The smallest absolute Gasteiger partial charge is 0.409 e. The van der Waals surface area contributed by atoms with Crippen molar-refractivity contribution in [2.45, 2.75) is 25.8 Å². The third-order valence-electron chi connectivity index (χ3n) is 3.15. The number of nitrogens with zero attached hydrogens (tertiary/aromatic N) is 1. The van der Waals surface area contributed by atoms with Gasteiger partial charge < -0.3 is 25.0 Å². The molecule has 0 atom stereocenters.